The summed E-state index contributed by atoms with van der Waals surface area (Å²) >= 11 is 0. The third-order valence-electron chi connectivity index (χ3n) is 3.26. The number of nitrogens with zero attached hydrogens (tertiary/aromatic N) is 1. The number of benzene rings is 2. The molecule has 0 spiro atoms. The largest absolute Gasteiger partial charge is 0.456 e. The molecule has 0 N–H and O–H groups in total. The maximum absolute atomic E-state index is 12.2. The van der Waals surface area contributed by atoms with Crippen molar-refractivity contribution in [2.75, 3.05) is 0 Å². The van der Waals surface area contributed by atoms with Crippen molar-refractivity contribution in [2.24, 2.45) is 4.99 Å². The Bertz CT molecular complexity index is 634. The van der Waals surface area contributed by atoms with Crippen LogP contribution in [0.2, 0.25) is 0 Å². The van der Waals surface area contributed by atoms with Crippen LogP contribution in [0, 0.1) is 0 Å². The molecule has 2 aromatic carbocycles. The van der Waals surface area contributed by atoms with Crippen molar-refractivity contribution in [3.63, 3.8) is 0 Å². The molecule has 0 aliphatic carbocycles. The fraction of sp³-hybridized carbons (Fsp3) is 0.125. The summed E-state index contributed by atoms with van der Waals surface area (Å²) in [5.41, 5.74) is 0.608. The normalized spacial score (nSPS) is 21.9. The Morgan fingerprint density at radius 3 is 2.16 bits per heavy atom. The van der Waals surface area contributed by atoms with E-state index in [9.17, 15) is 4.79 Å². The van der Waals surface area contributed by atoms with Crippen LogP contribution in [0.3, 0.4) is 0 Å². The van der Waals surface area contributed by atoms with Crippen LogP contribution < -0.4 is 0 Å². The van der Waals surface area contributed by atoms with Crippen LogP contribution in [0.25, 0.3) is 0 Å². The van der Waals surface area contributed by atoms with Crippen molar-refractivity contribution in [1.29, 1.82) is 0 Å². The minimum absolute atomic E-state index is 0.266. The summed E-state index contributed by atoms with van der Waals surface area (Å²) in [6.45, 7) is 1.75. The molecule has 0 aromatic heterocycles. The highest BCUT2D eigenvalue weighted by molar-refractivity contribution is 6.09. The quantitative estimate of drug-likeness (QED) is 0.823. The van der Waals surface area contributed by atoms with Crippen LogP contribution >= 0.6 is 0 Å². The summed E-state index contributed by atoms with van der Waals surface area (Å²) in [5.74, 6) is 0.120. The zero-order valence-corrected chi connectivity index (χ0v) is 10.5. The molecule has 3 nitrogen and oxygen atoms in total. The summed E-state index contributed by atoms with van der Waals surface area (Å²) in [7, 11) is 0. The third-order valence-corrected chi connectivity index (χ3v) is 3.26. The second-order valence-electron chi connectivity index (χ2n) is 4.59. The first-order valence-electron chi connectivity index (χ1n) is 6.13. The summed E-state index contributed by atoms with van der Waals surface area (Å²) in [4.78, 5) is 16.2. The molecule has 3 rings (SSSR count). The number of carbonyl (C=O) groups excluding carboxylic acids is 1. The van der Waals surface area contributed by atoms with Gasteiger partial charge in [0.1, 0.15) is 0 Å². The van der Waals surface area contributed by atoms with Gasteiger partial charge in [-0.25, -0.2) is 0 Å². The second kappa shape index (κ2) is 4.35. The van der Waals surface area contributed by atoms with Crippen LogP contribution in [0.15, 0.2) is 65.7 Å². The molecule has 3 heteroatoms. The minimum atomic E-state index is -1.02. The van der Waals surface area contributed by atoms with E-state index in [4.69, 9.17) is 4.74 Å². The van der Waals surface area contributed by atoms with Gasteiger partial charge < -0.3 is 4.74 Å². The van der Waals surface area contributed by atoms with E-state index in [1.807, 2.05) is 60.7 Å². The van der Waals surface area contributed by atoms with E-state index in [1.54, 1.807) is 6.92 Å². The average molecular weight is 251 g/mol. The molecule has 0 unspecified atom stereocenters. The molecular formula is C16H13NO2. The molecule has 1 heterocycles. The van der Waals surface area contributed by atoms with Crippen molar-refractivity contribution in [3.8, 4) is 0 Å². The van der Waals surface area contributed by atoms with Crippen molar-refractivity contribution < 1.29 is 9.53 Å². The van der Waals surface area contributed by atoms with E-state index in [2.05, 4.69) is 4.99 Å². The van der Waals surface area contributed by atoms with E-state index in [0.717, 1.165) is 11.1 Å². The van der Waals surface area contributed by atoms with E-state index < -0.39 is 5.60 Å². The number of amides is 1. The van der Waals surface area contributed by atoms with Gasteiger partial charge in [0.05, 0.1) is 0 Å². The van der Waals surface area contributed by atoms with Crippen LogP contribution in [-0.2, 0) is 15.1 Å². The van der Waals surface area contributed by atoms with Crippen LogP contribution in [0.1, 0.15) is 18.1 Å². The first-order valence-corrected chi connectivity index (χ1v) is 6.13. The highest BCUT2D eigenvalue weighted by Crippen LogP contribution is 2.32. The Kier molecular flexibility index (Phi) is 2.67. The van der Waals surface area contributed by atoms with E-state index in [1.165, 1.54) is 0 Å². The fourth-order valence-electron chi connectivity index (χ4n) is 2.10. The molecular weight excluding hydrogens is 238 g/mol. The maximum Gasteiger partial charge on any atom is 0.297 e. The molecule has 0 radical (unpaired) electrons. The van der Waals surface area contributed by atoms with Gasteiger partial charge in [-0.3, -0.25) is 4.79 Å². The lowest BCUT2D eigenvalue weighted by Gasteiger charge is -2.22. The lowest BCUT2D eigenvalue weighted by molar-refractivity contribution is -0.130. The topological polar surface area (TPSA) is 38.7 Å². The lowest BCUT2D eigenvalue weighted by atomic mass is 9.95. The molecule has 19 heavy (non-hydrogen) atoms. The maximum atomic E-state index is 12.2. The molecule has 0 saturated heterocycles. The van der Waals surface area contributed by atoms with Gasteiger partial charge in [0.25, 0.3) is 5.91 Å². The lowest BCUT2D eigenvalue weighted by Crippen LogP contribution is -2.30. The highest BCUT2D eigenvalue weighted by Gasteiger charge is 2.43. The van der Waals surface area contributed by atoms with E-state index in [0.29, 0.717) is 5.90 Å². The minimum Gasteiger partial charge on any atom is -0.456 e. The zero-order valence-electron chi connectivity index (χ0n) is 10.5. The predicted octanol–water partition coefficient (Wildman–Crippen LogP) is 2.91. The molecule has 1 aliphatic rings. The molecule has 2 aromatic rings. The van der Waals surface area contributed by atoms with Crippen LogP contribution in [-0.4, -0.2) is 11.8 Å². The molecule has 1 amide bonds. The Morgan fingerprint density at radius 2 is 1.53 bits per heavy atom. The Morgan fingerprint density at radius 1 is 0.947 bits per heavy atom. The van der Waals surface area contributed by atoms with Gasteiger partial charge in [0, 0.05) is 11.1 Å². The standard InChI is InChI=1S/C16H13NO2/c1-16(13-10-6-3-7-11-13)15(18)17-14(19-16)12-8-4-2-5-9-12/h2-11H,1H3/t16-/m1/s1. The van der Waals surface area contributed by atoms with Gasteiger partial charge in [0.2, 0.25) is 11.5 Å². The number of hydrogen-bond donors (Lipinski definition) is 0. The van der Waals surface area contributed by atoms with Gasteiger partial charge in [0.15, 0.2) is 0 Å². The SMILES string of the molecule is C[C@]1(c2ccccc2)OC(c2ccccc2)=NC1=O. The second-order valence-corrected chi connectivity index (χ2v) is 4.59. The molecule has 0 bridgehead atoms. The van der Waals surface area contributed by atoms with Crippen LogP contribution in [0.5, 0.6) is 0 Å². The first-order chi connectivity index (χ1) is 9.20. The van der Waals surface area contributed by atoms with Crippen molar-refractivity contribution in [2.45, 2.75) is 12.5 Å². The summed E-state index contributed by atoms with van der Waals surface area (Å²) < 4.78 is 5.83. The monoisotopic (exact) mass is 251 g/mol. The molecule has 94 valence electrons. The zero-order chi connectivity index (χ0) is 13.3. The van der Waals surface area contributed by atoms with Gasteiger partial charge in [-0.05, 0) is 19.1 Å². The molecule has 0 saturated carbocycles. The van der Waals surface area contributed by atoms with Gasteiger partial charge in [-0.15, -0.1) is 0 Å². The number of hydrogen-bond acceptors (Lipinski definition) is 2. The number of aliphatic imine (C=N–C) groups is 1. The summed E-state index contributed by atoms with van der Waals surface area (Å²) in [5, 5.41) is 0. The van der Waals surface area contributed by atoms with Crippen molar-refractivity contribution in [3.05, 3.63) is 71.8 Å². The Balaban J connectivity index is 1.96. The Labute approximate surface area is 111 Å². The third kappa shape index (κ3) is 1.93. The number of carbonyl (C=O) groups is 1. The number of ether oxygens (including phenoxy) is 1. The van der Waals surface area contributed by atoms with Crippen molar-refractivity contribution in [1.82, 2.24) is 0 Å². The average Bonchev–Trinajstić information content (AvgIpc) is 2.78. The molecule has 0 fully saturated rings. The summed E-state index contributed by atoms with van der Waals surface area (Å²) in [6.07, 6.45) is 0. The van der Waals surface area contributed by atoms with Crippen LogP contribution in [0.4, 0.5) is 0 Å². The fourth-order valence-corrected chi connectivity index (χ4v) is 2.10. The van der Waals surface area contributed by atoms with Gasteiger partial charge in [-0.2, -0.15) is 4.99 Å². The highest BCUT2D eigenvalue weighted by atomic mass is 16.5. The summed E-state index contributed by atoms with van der Waals surface area (Å²) in [6, 6.07) is 18.9. The van der Waals surface area contributed by atoms with E-state index in [-0.39, 0.29) is 5.91 Å². The molecule has 1 atom stereocenters. The van der Waals surface area contributed by atoms with E-state index >= 15 is 0 Å². The molecule has 1 aliphatic heterocycles. The van der Waals surface area contributed by atoms with Gasteiger partial charge in [-0.1, -0.05) is 48.5 Å². The predicted molar refractivity (Wildman–Crippen MR) is 72.9 cm³/mol. The smallest absolute Gasteiger partial charge is 0.297 e. The number of rotatable bonds is 2. The van der Waals surface area contributed by atoms with Gasteiger partial charge >= 0.3 is 0 Å². The first kappa shape index (κ1) is 11.7. The Hall–Kier alpha value is -2.42. The van der Waals surface area contributed by atoms with Crippen molar-refractivity contribution >= 4 is 11.8 Å².